The molecule has 0 unspecified atom stereocenters. The van der Waals surface area contributed by atoms with Crippen LogP contribution in [0.15, 0.2) is 42.6 Å². The largest absolute Gasteiger partial charge is 0.390 e. The third-order valence-electron chi connectivity index (χ3n) is 2.67. The van der Waals surface area contributed by atoms with Crippen molar-refractivity contribution < 1.29 is 5.11 Å². The molecule has 2 rings (SSSR count). The molecule has 82 valence electrons. The van der Waals surface area contributed by atoms with Crippen LogP contribution in [0.4, 0.5) is 0 Å². The summed E-state index contributed by atoms with van der Waals surface area (Å²) in [6.45, 7) is 2.05. The number of aliphatic hydroxyl groups excluding tert-OH is 1. The van der Waals surface area contributed by atoms with Gasteiger partial charge in [0, 0.05) is 6.20 Å². The first-order valence-electron chi connectivity index (χ1n) is 5.39. The molecule has 0 bridgehead atoms. The van der Waals surface area contributed by atoms with Gasteiger partial charge >= 0.3 is 0 Å². The Morgan fingerprint density at radius 2 is 1.94 bits per heavy atom. The lowest BCUT2D eigenvalue weighted by Crippen LogP contribution is -1.97. The number of aliphatic hydroxyl groups is 1. The summed E-state index contributed by atoms with van der Waals surface area (Å²) in [5.41, 5.74) is 4.41. The lowest BCUT2D eigenvalue weighted by atomic mass is 10.0. The molecule has 1 heterocycles. The van der Waals surface area contributed by atoms with E-state index in [9.17, 15) is 0 Å². The molecule has 2 heteroatoms. The number of aromatic nitrogens is 1. The van der Waals surface area contributed by atoms with Gasteiger partial charge in [0.25, 0.3) is 0 Å². The maximum Gasteiger partial charge on any atom is 0.0853 e. The Labute approximate surface area is 95.6 Å². The van der Waals surface area contributed by atoms with Crippen LogP contribution in [0.3, 0.4) is 0 Å². The van der Waals surface area contributed by atoms with Crippen LogP contribution in [0.2, 0.25) is 0 Å². The van der Waals surface area contributed by atoms with E-state index in [1.54, 1.807) is 0 Å². The molecule has 0 fully saturated rings. The van der Waals surface area contributed by atoms with E-state index in [0.29, 0.717) is 0 Å². The van der Waals surface area contributed by atoms with Crippen LogP contribution in [0.5, 0.6) is 0 Å². The molecular formula is C14H15NO. The standard InChI is InChI=1S/C14H15NO/c1-11-9-15-14(10-16)8-13(11)7-12-5-3-2-4-6-12/h2-6,8-9,16H,7,10H2,1H3. The molecule has 0 spiro atoms. The summed E-state index contributed by atoms with van der Waals surface area (Å²) in [7, 11) is 0. The summed E-state index contributed by atoms with van der Waals surface area (Å²) >= 11 is 0. The average molecular weight is 213 g/mol. The van der Waals surface area contributed by atoms with Crippen LogP contribution in [0.25, 0.3) is 0 Å². The predicted octanol–water partition coefficient (Wildman–Crippen LogP) is 2.47. The average Bonchev–Trinajstić information content (AvgIpc) is 2.33. The van der Waals surface area contributed by atoms with E-state index in [1.165, 1.54) is 16.7 Å². The molecule has 1 aromatic heterocycles. The second-order valence-corrected chi connectivity index (χ2v) is 3.92. The summed E-state index contributed by atoms with van der Waals surface area (Å²) in [6, 6.07) is 12.3. The number of hydrogen-bond donors (Lipinski definition) is 1. The van der Waals surface area contributed by atoms with Gasteiger partial charge in [-0.3, -0.25) is 4.98 Å². The van der Waals surface area contributed by atoms with Crippen LogP contribution in [0.1, 0.15) is 22.4 Å². The van der Waals surface area contributed by atoms with Gasteiger partial charge in [0.1, 0.15) is 0 Å². The SMILES string of the molecule is Cc1cnc(CO)cc1Cc1ccccc1. The van der Waals surface area contributed by atoms with E-state index in [-0.39, 0.29) is 6.61 Å². The number of pyridine rings is 1. The maximum atomic E-state index is 9.06. The van der Waals surface area contributed by atoms with Gasteiger partial charge in [-0.2, -0.15) is 0 Å². The minimum atomic E-state index is 0.00205. The van der Waals surface area contributed by atoms with Crippen molar-refractivity contribution in [3.63, 3.8) is 0 Å². The quantitative estimate of drug-likeness (QED) is 0.849. The van der Waals surface area contributed by atoms with Gasteiger partial charge in [0.2, 0.25) is 0 Å². The van der Waals surface area contributed by atoms with Crippen molar-refractivity contribution in [2.24, 2.45) is 0 Å². The van der Waals surface area contributed by atoms with Gasteiger partial charge in [-0.15, -0.1) is 0 Å². The van der Waals surface area contributed by atoms with Crippen molar-refractivity contribution in [1.29, 1.82) is 0 Å². The molecule has 0 aliphatic carbocycles. The number of hydrogen-bond acceptors (Lipinski definition) is 2. The van der Waals surface area contributed by atoms with Gasteiger partial charge < -0.3 is 5.11 Å². The summed E-state index contributed by atoms with van der Waals surface area (Å²) in [6.07, 6.45) is 2.71. The van der Waals surface area contributed by atoms with Crippen molar-refractivity contribution in [2.45, 2.75) is 20.0 Å². The second-order valence-electron chi connectivity index (χ2n) is 3.92. The lowest BCUT2D eigenvalue weighted by Gasteiger charge is -2.07. The molecule has 0 aliphatic heterocycles. The Hall–Kier alpha value is -1.67. The monoisotopic (exact) mass is 213 g/mol. The van der Waals surface area contributed by atoms with Crippen molar-refractivity contribution in [3.05, 3.63) is 65.0 Å². The Morgan fingerprint density at radius 3 is 2.62 bits per heavy atom. The van der Waals surface area contributed by atoms with Crippen molar-refractivity contribution in [2.75, 3.05) is 0 Å². The van der Waals surface area contributed by atoms with Crippen molar-refractivity contribution in [3.8, 4) is 0 Å². The third-order valence-corrected chi connectivity index (χ3v) is 2.67. The first-order chi connectivity index (χ1) is 7.79. The zero-order valence-electron chi connectivity index (χ0n) is 9.35. The number of benzene rings is 1. The van der Waals surface area contributed by atoms with E-state index in [0.717, 1.165) is 12.1 Å². The fraction of sp³-hybridized carbons (Fsp3) is 0.214. The Kier molecular flexibility index (Phi) is 3.32. The fourth-order valence-electron chi connectivity index (χ4n) is 1.71. The van der Waals surface area contributed by atoms with E-state index in [2.05, 4.69) is 17.1 Å². The van der Waals surface area contributed by atoms with Gasteiger partial charge in [0.15, 0.2) is 0 Å². The topological polar surface area (TPSA) is 33.1 Å². The summed E-state index contributed by atoms with van der Waals surface area (Å²) in [4.78, 5) is 4.15. The Balaban J connectivity index is 2.27. The normalized spacial score (nSPS) is 10.4. The van der Waals surface area contributed by atoms with Crippen LogP contribution >= 0.6 is 0 Å². The molecule has 16 heavy (non-hydrogen) atoms. The smallest absolute Gasteiger partial charge is 0.0853 e. The molecule has 0 radical (unpaired) electrons. The Bertz CT molecular complexity index is 465. The minimum absolute atomic E-state index is 0.00205. The highest BCUT2D eigenvalue weighted by Crippen LogP contribution is 2.14. The van der Waals surface area contributed by atoms with E-state index >= 15 is 0 Å². The van der Waals surface area contributed by atoms with E-state index in [4.69, 9.17) is 5.11 Å². The van der Waals surface area contributed by atoms with Crippen LogP contribution in [-0.4, -0.2) is 10.1 Å². The first kappa shape index (κ1) is 10.8. The highest BCUT2D eigenvalue weighted by Gasteiger charge is 2.02. The van der Waals surface area contributed by atoms with Crippen LogP contribution in [-0.2, 0) is 13.0 Å². The number of aryl methyl sites for hydroxylation is 1. The minimum Gasteiger partial charge on any atom is -0.390 e. The molecule has 2 nitrogen and oxygen atoms in total. The molecule has 0 atom stereocenters. The zero-order valence-corrected chi connectivity index (χ0v) is 9.35. The molecule has 0 amide bonds. The van der Waals surface area contributed by atoms with E-state index < -0.39 is 0 Å². The first-order valence-corrected chi connectivity index (χ1v) is 5.39. The van der Waals surface area contributed by atoms with Gasteiger partial charge in [-0.05, 0) is 36.1 Å². The highest BCUT2D eigenvalue weighted by atomic mass is 16.3. The summed E-state index contributed by atoms with van der Waals surface area (Å²) in [5, 5.41) is 9.06. The van der Waals surface area contributed by atoms with Crippen molar-refractivity contribution >= 4 is 0 Å². The molecule has 1 aromatic carbocycles. The Morgan fingerprint density at radius 1 is 1.19 bits per heavy atom. The second kappa shape index (κ2) is 4.90. The fourth-order valence-corrected chi connectivity index (χ4v) is 1.71. The van der Waals surface area contributed by atoms with Crippen LogP contribution < -0.4 is 0 Å². The molecule has 1 N–H and O–H groups in total. The van der Waals surface area contributed by atoms with Gasteiger partial charge in [-0.25, -0.2) is 0 Å². The van der Waals surface area contributed by atoms with Crippen LogP contribution in [0, 0.1) is 6.92 Å². The van der Waals surface area contributed by atoms with E-state index in [1.807, 2.05) is 37.4 Å². The maximum absolute atomic E-state index is 9.06. The summed E-state index contributed by atoms with van der Waals surface area (Å²) < 4.78 is 0. The molecule has 2 aromatic rings. The molecule has 0 saturated heterocycles. The number of rotatable bonds is 3. The zero-order chi connectivity index (χ0) is 11.4. The van der Waals surface area contributed by atoms with Gasteiger partial charge in [-0.1, -0.05) is 30.3 Å². The lowest BCUT2D eigenvalue weighted by molar-refractivity contribution is 0.276. The van der Waals surface area contributed by atoms with Gasteiger partial charge in [0.05, 0.1) is 12.3 Å². The summed E-state index contributed by atoms with van der Waals surface area (Å²) in [5.74, 6) is 0. The predicted molar refractivity (Wildman–Crippen MR) is 64.1 cm³/mol. The third kappa shape index (κ3) is 2.47. The molecular weight excluding hydrogens is 198 g/mol. The van der Waals surface area contributed by atoms with Crippen molar-refractivity contribution in [1.82, 2.24) is 4.98 Å². The number of nitrogens with zero attached hydrogens (tertiary/aromatic N) is 1. The molecule has 0 aliphatic rings. The highest BCUT2D eigenvalue weighted by molar-refractivity contribution is 5.31. The molecule has 0 saturated carbocycles.